The normalized spacial score (nSPS) is 24.3. The number of aliphatic hydroxyl groups excluding tert-OH is 1. The number of carbonyl (C=O) groups is 1. The number of ether oxygens (including phenoxy) is 3. The molecule has 0 radical (unpaired) electrons. The Hall–Kier alpha value is -1.95. The Kier molecular flexibility index (Phi) is 7.14. The summed E-state index contributed by atoms with van der Waals surface area (Å²) in [6.07, 6.45) is 3.56. The SMILES string of the molecule is C=CCOC(=O)/C=C/C[C@H](O)[C@H](C)[C@H]1OC(C)(C)O[C@@H]1c1ccccc1. The van der Waals surface area contributed by atoms with Gasteiger partial charge in [0, 0.05) is 12.0 Å². The minimum Gasteiger partial charge on any atom is -0.458 e. The highest BCUT2D eigenvalue weighted by Crippen LogP contribution is 2.42. The second-order valence-electron chi connectivity index (χ2n) is 6.91. The van der Waals surface area contributed by atoms with Crippen LogP contribution in [0.4, 0.5) is 0 Å². The topological polar surface area (TPSA) is 65.0 Å². The zero-order valence-corrected chi connectivity index (χ0v) is 15.6. The van der Waals surface area contributed by atoms with E-state index < -0.39 is 17.9 Å². The lowest BCUT2D eigenvalue weighted by Crippen LogP contribution is -2.33. The molecule has 0 bridgehead atoms. The Labute approximate surface area is 155 Å². The van der Waals surface area contributed by atoms with E-state index in [1.807, 2.05) is 51.1 Å². The third-order valence-corrected chi connectivity index (χ3v) is 4.36. The highest BCUT2D eigenvalue weighted by molar-refractivity contribution is 5.81. The molecule has 1 fully saturated rings. The summed E-state index contributed by atoms with van der Waals surface area (Å²) in [6, 6.07) is 9.86. The van der Waals surface area contributed by atoms with E-state index in [0.29, 0.717) is 6.42 Å². The molecular weight excluding hydrogens is 332 g/mol. The number of benzene rings is 1. The predicted octanol–water partition coefficient (Wildman–Crippen LogP) is 3.55. The number of rotatable bonds is 8. The second-order valence-corrected chi connectivity index (χ2v) is 6.91. The van der Waals surface area contributed by atoms with Crippen LogP contribution in [0.5, 0.6) is 0 Å². The smallest absolute Gasteiger partial charge is 0.330 e. The van der Waals surface area contributed by atoms with E-state index in [2.05, 4.69) is 6.58 Å². The van der Waals surface area contributed by atoms with Crippen molar-refractivity contribution in [2.75, 3.05) is 6.61 Å². The van der Waals surface area contributed by atoms with Crippen molar-refractivity contribution in [1.82, 2.24) is 0 Å². The van der Waals surface area contributed by atoms with Crippen LogP contribution in [0.3, 0.4) is 0 Å². The minimum atomic E-state index is -0.719. The Balaban J connectivity index is 2.01. The molecule has 1 aliphatic heterocycles. The van der Waals surface area contributed by atoms with Crippen molar-refractivity contribution in [2.24, 2.45) is 5.92 Å². The highest BCUT2D eigenvalue weighted by Gasteiger charge is 2.45. The molecule has 1 heterocycles. The van der Waals surface area contributed by atoms with Crippen LogP contribution in [-0.2, 0) is 19.0 Å². The Bertz CT molecular complexity index is 623. The summed E-state index contributed by atoms with van der Waals surface area (Å²) in [4.78, 5) is 11.4. The van der Waals surface area contributed by atoms with E-state index >= 15 is 0 Å². The summed E-state index contributed by atoms with van der Waals surface area (Å²) in [5.74, 6) is -1.35. The van der Waals surface area contributed by atoms with E-state index in [1.165, 1.54) is 12.2 Å². The Morgan fingerprint density at radius 1 is 1.35 bits per heavy atom. The van der Waals surface area contributed by atoms with Crippen LogP contribution in [0.25, 0.3) is 0 Å². The molecule has 0 saturated carbocycles. The summed E-state index contributed by atoms with van der Waals surface area (Å²) in [7, 11) is 0. The zero-order valence-electron chi connectivity index (χ0n) is 15.6. The summed E-state index contributed by atoms with van der Waals surface area (Å²) < 4.78 is 17.0. The van der Waals surface area contributed by atoms with Gasteiger partial charge < -0.3 is 19.3 Å². The molecule has 26 heavy (non-hydrogen) atoms. The van der Waals surface area contributed by atoms with Gasteiger partial charge in [-0.1, -0.05) is 56.0 Å². The van der Waals surface area contributed by atoms with Crippen LogP contribution >= 0.6 is 0 Å². The van der Waals surface area contributed by atoms with Gasteiger partial charge in [-0.2, -0.15) is 0 Å². The number of aliphatic hydroxyl groups is 1. The fourth-order valence-electron chi connectivity index (χ4n) is 3.00. The van der Waals surface area contributed by atoms with Crippen molar-refractivity contribution in [3.8, 4) is 0 Å². The van der Waals surface area contributed by atoms with E-state index in [9.17, 15) is 9.90 Å². The second kappa shape index (κ2) is 9.12. The van der Waals surface area contributed by atoms with Crippen molar-refractivity contribution in [2.45, 2.75) is 51.3 Å². The van der Waals surface area contributed by atoms with Crippen molar-refractivity contribution in [1.29, 1.82) is 0 Å². The number of hydrogen-bond acceptors (Lipinski definition) is 5. The van der Waals surface area contributed by atoms with Crippen LogP contribution < -0.4 is 0 Å². The zero-order chi connectivity index (χ0) is 19.2. The fraction of sp³-hybridized carbons (Fsp3) is 0.476. The van der Waals surface area contributed by atoms with E-state index in [4.69, 9.17) is 14.2 Å². The summed E-state index contributed by atoms with van der Waals surface area (Å²) in [5.41, 5.74) is 1.02. The standard InChI is InChI=1S/C21H28O5/c1-5-14-24-18(23)13-9-12-17(22)15(2)19-20(26-21(3,4)25-19)16-10-7-6-8-11-16/h5-11,13,15,17,19-20,22H,1,12,14H2,2-4H3/b13-9+/t15-,17-,19+,20+/m0/s1. The van der Waals surface area contributed by atoms with Gasteiger partial charge in [0.05, 0.1) is 12.2 Å². The maximum absolute atomic E-state index is 11.4. The first kappa shape index (κ1) is 20.4. The average molecular weight is 360 g/mol. The number of hydrogen-bond donors (Lipinski definition) is 1. The molecule has 5 heteroatoms. The van der Waals surface area contributed by atoms with E-state index in [0.717, 1.165) is 5.56 Å². The quantitative estimate of drug-likeness (QED) is 0.436. The van der Waals surface area contributed by atoms with Gasteiger partial charge in [0.2, 0.25) is 0 Å². The van der Waals surface area contributed by atoms with Gasteiger partial charge in [0.25, 0.3) is 0 Å². The summed E-state index contributed by atoms with van der Waals surface area (Å²) in [6.45, 7) is 9.33. The molecular formula is C21H28O5. The first-order valence-corrected chi connectivity index (χ1v) is 8.87. The number of esters is 1. The van der Waals surface area contributed by atoms with Gasteiger partial charge in [0.15, 0.2) is 5.79 Å². The van der Waals surface area contributed by atoms with Crippen LogP contribution in [0.2, 0.25) is 0 Å². The lowest BCUT2D eigenvalue weighted by atomic mass is 9.89. The van der Waals surface area contributed by atoms with E-state index in [1.54, 1.807) is 6.08 Å². The maximum atomic E-state index is 11.4. The molecule has 4 atom stereocenters. The van der Waals surface area contributed by atoms with Crippen LogP contribution in [0.15, 0.2) is 55.1 Å². The monoisotopic (exact) mass is 360 g/mol. The average Bonchev–Trinajstić information content (AvgIpc) is 2.95. The molecule has 0 amide bonds. The van der Waals surface area contributed by atoms with E-state index in [-0.39, 0.29) is 24.7 Å². The third-order valence-electron chi connectivity index (χ3n) is 4.36. The number of carbonyl (C=O) groups excluding carboxylic acids is 1. The Morgan fingerprint density at radius 2 is 2.04 bits per heavy atom. The minimum absolute atomic E-state index is 0.170. The predicted molar refractivity (Wildman–Crippen MR) is 99.3 cm³/mol. The van der Waals surface area contributed by atoms with Gasteiger partial charge >= 0.3 is 5.97 Å². The van der Waals surface area contributed by atoms with Crippen molar-refractivity contribution < 1.29 is 24.1 Å². The van der Waals surface area contributed by atoms with Crippen molar-refractivity contribution >= 4 is 5.97 Å². The van der Waals surface area contributed by atoms with Gasteiger partial charge in [-0.05, 0) is 25.8 Å². The first-order valence-electron chi connectivity index (χ1n) is 8.87. The molecule has 1 saturated heterocycles. The summed E-state index contributed by atoms with van der Waals surface area (Å²) >= 11 is 0. The molecule has 0 aliphatic carbocycles. The van der Waals surface area contributed by atoms with Crippen LogP contribution in [-0.4, -0.2) is 35.7 Å². The largest absolute Gasteiger partial charge is 0.458 e. The summed E-state index contributed by atoms with van der Waals surface area (Å²) in [5, 5.41) is 10.5. The van der Waals surface area contributed by atoms with Crippen molar-refractivity contribution in [3.63, 3.8) is 0 Å². The molecule has 1 aromatic carbocycles. The molecule has 0 aromatic heterocycles. The molecule has 0 spiro atoms. The van der Waals surface area contributed by atoms with Crippen LogP contribution in [0.1, 0.15) is 38.9 Å². The maximum Gasteiger partial charge on any atom is 0.330 e. The lowest BCUT2D eigenvalue weighted by Gasteiger charge is -2.27. The van der Waals surface area contributed by atoms with Crippen molar-refractivity contribution in [3.05, 3.63) is 60.7 Å². The molecule has 142 valence electrons. The van der Waals surface area contributed by atoms with Gasteiger partial charge in [0.1, 0.15) is 12.7 Å². The molecule has 1 aliphatic rings. The molecule has 1 aromatic rings. The van der Waals surface area contributed by atoms with Gasteiger partial charge in [-0.25, -0.2) is 4.79 Å². The Morgan fingerprint density at radius 3 is 2.69 bits per heavy atom. The molecule has 2 rings (SSSR count). The fourth-order valence-corrected chi connectivity index (χ4v) is 3.00. The first-order chi connectivity index (χ1) is 12.3. The highest BCUT2D eigenvalue weighted by atomic mass is 16.8. The van der Waals surface area contributed by atoms with Crippen LogP contribution in [0, 0.1) is 5.92 Å². The molecule has 1 N–H and O–H groups in total. The molecule has 0 unspecified atom stereocenters. The lowest BCUT2D eigenvalue weighted by molar-refractivity contribution is -0.153. The van der Waals surface area contributed by atoms with Gasteiger partial charge in [-0.15, -0.1) is 0 Å². The van der Waals surface area contributed by atoms with Gasteiger partial charge in [-0.3, -0.25) is 0 Å². The third kappa shape index (κ3) is 5.53. The molecule has 5 nitrogen and oxygen atoms in total.